The van der Waals surface area contributed by atoms with E-state index in [1.54, 1.807) is 17.0 Å². The van der Waals surface area contributed by atoms with Gasteiger partial charge in [0.25, 0.3) is 0 Å². The largest absolute Gasteiger partial charge is 0.510 e. The van der Waals surface area contributed by atoms with Crippen molar-refractivity contribution in [3.05, 3.63) is 71.2 Å². The number of carbonyl (C=O) groups excluding carboxylic acids is 1. The fraction of sp³-hybridized carbons (Fsp3) is 0.261. The molecule has 0 saturated heterocycles. The third kappa shape index (κ3) is 3.54. The summed E-state index contributed by atoms with van der Waals surface area (Å²) >= 11 is 0. The van der Waals surface area contributed by atoms with Crippen LogP contribution in [0, 0.1) is 5.41 Å². The van der Waals surface area contributed by atoms with Crippen LogP contribution < -0.4 is 0 Å². The van der Waals surface area contributed by atoms with Gasteiger partial charge in [0.15, 0.2) is 0 Å². The lowest BCUT2D eigenvalue weighted by Crippen LogP contribution is -2.26. The van der Waals surface area contributed by atoms with Crippen LogP contribution >= 0.6 is 0 Å². The van der Waals surface area contributed by atoms with E-state index in [9.17, 15) is 9.90 Å². The molecule has 0 bridgehead atoms. The fourth-order valence-electron chi connectivity index (χ4n) is 3.62. The van der Waals surface area contributed by atoms with Crippen LogP contribution in [0.2, 0.25) is 0 Å². The van der Waals surface area contributed by atoms with Crippen molar-refractivity contribution in [1.82, 2.24) is 14.5 Å². The normalized spacial score (nSPS) is 14.1. The summed E-state index contributed by atoms with van der Waals surface area (Å²) < 4.78 is 7.05. The van der Waals surface area contributed by atoms with Crippen LogP contribution in [-0.2, 0) is 18.3 Å². The van der Waals surface area contributed by atoms with Crippen molar-refractivity contribution in [2.45, 2.75) is 19.9 Å². The first-order valence-corrected chi connectivity index (χ1v) is 9.93. The second-order valence-corrected chi connectivity index (χ2v) is 7.34. The highest BCUT2D eigenvalue weighted by molar-refractivity contribution is 6.23. The SMILES string of the molecule is CCCOC(=O)c1ccc(CN2CC(O)=C(c3nc4ccccc4n3C)C2=N)cc1. The lowest BCUT2D eigenvalue weighted by atomic mass is 10.1. The summed E-state index contributed by atoms with van der Waals surface area (Å²) in [4.78, 5) is 18.3. The molecule has 0 fully saturated rings. The molecule has 30 heavy (non-hydrogen) atoms. The number of esters is 1. The van der Waals surface area contributed by atoms with E-state index in [-0.39, 0.29) is 24.1 Å². The van der Waals surface area contributed by atoms with Crippen LogP contribution in [-0.4, -0.2) is 44.5 Å². The standard InChI is InChI=1S/C23H24N4O3/c1-3-12-30-23(29)16-10-8-15(9-11-16)13-27-14-19(28)20(21(27)24)22-25-17-6-4-5-7-18(17)26(22)2/h4-11,24,28H,3,12-14H2,1-2H3. The predicted octanol–water partition coefficient (Wildman–Crippen LogP) is 3.90. The molecular weight excluding hydrogens is 380 g/mol. The Morgan fingerprint density at radius 3 is 2.63 bits per heavy atom. The minimum absolute atomic E-state index is 0.137. The number of aliphatic hydroxyl groups excluding tert-OH is 1. The highest BCUT2D eigenvalue weighted by Gasteiger charge is 2.31. The maximum absolute atomic E-state index is 11.9. The number of ether oxygens (including phenoxy) is 1. The van der Waals surface area contributed by atoms with Gasteiger partial charge in [-0.05, 0) is 36.2 Å². The Hall–Kier alpha value is -3.61. The lowest BCUT2D eigenvalue weighted by molar-refractivity contribution is 0.0505. The minimum Gasteiger partial charge on any atom is -0.510 e. The second-order valence-electron chi connectivity index (χ2n) is 7.34. The van der Waals surface area contributed by atoms with Gasteiger partial charge in [-0.25, -0.2) is 9.78 Å². The van der Waals surface area contributed by atoms with Crippen LogP contribution in [0.4, 0.5) is 0 Å². The Labute approximate surface area is 174 Å². The molecule has 0 saturated carbocycles. The molecule has 1 aromatic heterocycles. The monoisotopic (exact) mass is 404 g/mol. The van der Waals surface area contributed by atoms with Gasteiger partial charge in [0.2, 0.25) is 0 Å². The van der Waals surface area contributed by atoms with Crippen LogP contribution in [0.1, 0.15) is 35.1 Å². The van der Waals surface area contributed by atoms with Gasteiger partial charge in [0.05, 0.1) is 35.3 Å². The topological polar surface area (TPSA) is 91.4 Å². The van der Waals surface area contributed by atoms with Crippen molar-refractivity contribution >= 4 is 28.4 Å². The van der Waals surface area contributed by atoms with Gasteiger partial charge in [-0.2, -0.15) is 0 Å². The Morgan fingerprint density at radius 1 is 1.20 bits per heavy atom. The molecule has 4 rings (SSSR count). The minimum atomic E-state index is -0.333. The molecule has 0 amide bonds. The van der Waals surface area contributed by atoms with Crippen LogP contribution in [0.15, 0.2) is 54.3 Å². The summed E-state index contributed by atoms with van der Waals surface area (Å²) in [5.41, 5.74) is 3.67. The number of carbonyl (C=O) groups is 1. The average Bonchev–Trinajstić information content (AvgIpc) is 3.22. The Balaban J connectivity index is 1.51. The van der Waals surface area contributed by atoms with E-state index in [4.69, 9.17) is 10.1 Å². The van der Waals surface area contributed by atoms with Gasteiger partial charge in [0.1, 0.15) is 17.4 Å². The van der Waals surface area contributed by atoms with Gasteiger partial charge in [0, 0.05) is 13.6 Å². The second kappa shape index (κ2) is 8.02. The molecule has 1 aliphatic heterocycles. The van der Waals surface area contributed by atoms with E-state index in [1.807, 2.05) is 54.9 Å². The number of fused-ring (bicyclic) bond motifs is 1. The average molecular weight is 404 g/mol. The van der Waals surface area contributed by atoms with Crippen LogP contribution in [0.5, 0.6) is 0 Å². The van der Waals surface area contributed by atoms with Crippen molar-refractivity contribution in [2.75, 3.05) is 13.2 Å². The summed E-state index contributed by atoms with van der Waals surface area (Å²) in [5.74, 6) is 0.617. The molecule has 0 aliphatic carbocycles. The number of benzene rings is 2. The Bertz CT molecular complexity index is 1140. The van der Waals surface area contributed by atoms with Gasteiger partial charge in [-0.15, -0.1) is 0 Å². The molecule has 1 aliphatic rings. The summed E-state index contributed by atoms with van der Waals surface area (Å²) in [6.07, 6.45) is 0.783. The molecule has 2 N–H and O–H groups in total. The number of rotatable bonds is 6. The van der Waals surface area contributed by atoms with Gasteiger partial charge in [-0.3, -0.25) is 5.41 Å². The van der Waals surface area contributed by atoms with Crippen molar-refractivity contribution in [3.63, 3.8) is 0 Å². The fourth-order valence-corrected chi connectivity index (χ4v) is 3.62. The summed E-state index contributed by atoms with van der Waals surface area (Å²) in [7, 11) is 1.89. The molecule has 0 radical (unpaired) electrons. The first-order chi connectivity index (χ1) is 14.5. The highest BCUT2D eigenvalue weighted by Crippen LogP contribution is 2.29. The molecule has 0 spiro atoms. The third-order valence-electron chi connectivity index (χ3n) is 5.19. The molecule has 2 heterocycles. The number of para-hydroxylation sites is 2. The van der Waals surface area contributed by atoms with E-state index in [0.717, 1.165) is 23.0 Å². The van der Waals surface area contributed by atoms with E-state index >= 15 is 0 Å². The lowest BCUT2D eigenvalue weighted by Gasteiger charge is -2.19. The van der Waals surface area contributed by atoms with Crippen molar-refractivity contribution in [2.24, 2.45) is 7.05 Å². The van der Waals surface area contributed by atoms with Gasteiger partial charge < -0.3 is 19.3 Å². The number of nitrogens with zero attached hydrogens (tertiary/aromatic N) is 3. The number of aromatic nitrogens is 2. The van der Waals surface area contributed by atoms with E-state index < -0.39 is 0 Å². The highest BCUT2D eigenvalue weighted by atomic mass is 16.5. The number of nitrogens with one attached hydrogen (secondary N) is 1. The van der Waals surface area contributed by atoms with Gasteiger partial charge >= 0.3 is 5.97 Å². The zero-order valence-corrected chi connectivity index (χ0v) is 17.1. The first kappa shape index (κ1) is 19.7. The maximum Gasteiger partial charge on any atom is 0.338 e. The smallest absolute Gasteiger partial charge is 0.338 e. The summed E-state index contributed by atoms with van der Waals surface area (Å²) in [5, 5.41) is 19.2. The molecular formula is C23H24N4O3. The molecule has 2 aromatic carbocycles. The number of hydrogen-bond acceptors (Lipinski definition) is 5. The molecule has 0 unspecified atom stereocenters. The molecule has 3 aromatic rings. The van der Waals surface area contributed by atoms with E-state index in [1.165, 1.54) is 0 Å². The Kier molecular flexibility index (Phi) is 5.27. The van der Waals surface area contributed by atoms with Crippen molar-refractivity contribution in [1.29, 1.82) is 5.41 Å². The van der Waals surface area contributed by atoms with Gasteiger partial charge in [-0.1, -0.05) is 31.2 Å². The number of aliphatic hydroxyl groups is 1. The maximum atomic E-state index is 11.9. The number of imidazole rings is 1. The quantitative estimate of drug-likeness (QED) is 0.608. The molecule has 7 nitrogen and oxygen atoms in total. The van der Waals surface area contributed by atoms with Crippen LogP contribution in [0.25, 0.3) is 16.6 Å². The zero-order chi connectivity index (χ0) is 21.3. The predicted molar refractivity (Wildman–Crippen MR) is 115 cm³/mol. The van der Waals surface area contributed by atoms with E-state index in [0.29, 0.717) is 30.1 Å². The van der Waals surface area contributed by atoms with Crippen molar-refractivity contribution in [3.8, 4) is 0 Å². The number of hydrogen-bond donors (Lipinski definition) is 2. The molecule has 7 heteroatoms. The number of aryl methyl sites for hydroxylation is 1. The zero-order valence-electron chi connectivity index (χ0n) is 17.1. The molecule has 154 valence electrons. The summed E-state index contributed by atoms with van der Waals surface area (Å²) in [6.45, 7) is 3.05. The number of amidine groups is 1. The Morgan fingerprint density at radius 2 is 1.93 bits per heavy atom. The van der Waals surface area contributed by atoms with Crippen LogP contribution in [0.3, 0.4) is 0 Å². The van der Waals surface area contributed by atoms with Crippen molar-refractivity contribution < 1.29 is 14.6 Å². The summed E-state index contributed by atoms with van der Waals surface area (Å²) in [6, 6.07) is 14.9. The first-order valence-electron chi connectivity index (χ1n) is 9.93. The van der Waals surface area contributed by atoms with E-state index in [2.05, 4.69) is 4.98 Å². The third-order valence-corrected chi connectivity index (χ3v) is 5.19. The molecule has 0 atom stereocenters.